The monoisotopic (exact) mass is 471 g/mol. The Bertz CT molecular complexity index is 1290. The first-order valence-corrected chi connectivity index (χ1v) is 12.3. The summed E-state index contributed by atoms with van der Waals surface area (Å²) in [6, 6.07) is 6.77. The Labute approximate surface area is 205 Å². The maximum Gasteiger partial charge on any atom is 0.242 e. The van der Waals surface area contributed by atoms with Gasteiger partial charge in [-0.1, -0.05) is 6.92 Å². The number of nitrogens with zero attached hydrogens (tertiary/aromatic N) is 4. The van der Waals surface area contributed by atoms with E-state index in [0.29, 0.717) is 34.8 Å². The number of rotatable bonds is 5. The molecule has 2 aromatic heterocycles. The zero-order chi connectivity index (χ0) is 24.5. The van der Waals surface area contributed by atoms with Crippen LogP contribution in [0.15, 0.2) is 42.9 Å². The van der Waals surface area contributed by atoms with Crippen molar-refractivity contribution in [3.05, 3.63) is 76.8 Å². The van der Waals surface area contributed by atoms with Gasteiger partial charge in [0.1, 0.15) is 5.82 Å². The second-order valence-electron chi connectivity index (χ2n) is 10.1. The highest BCUT2D eigenvalue weighted by Gasteiger charge is 2.29. The van der Waals surface area contributed by atoms with Gasteiger partial charge in [0.05, 0.1) is 23.9 Å². The molecule has 0 radical (unpaired) electrons. The van der Waals surface area contributed by atoms with Crippen LogP contribution in [0.2, 0.25) is 0 Å². The van der Waals surface area contributed by atoms with E-state index >= 15 is 0 Å². The molecule has 1 aliphatic heterocycles. The van der Waals surface area contributed by atoms with Crippen molar-refractivity contribution in [3.8, 4) is 0 Å². The van der Waals surface area contributed by atoms with Crippen LogP contribution in [0.4, 0.5) is 10.1 Å². The van der Waals surface area contributed by atoms with E-state index in [1.54, 1.807) is 24.7 Å². The summed E-state index contributed by atoms with van der Waals surface area (Å²) < 4.78 is 14.8. The number of carbonyl (C=O) groups is 1. The van der Waals surface area contributed by atoms with Crippen LogP contribution < -0.4 is 10.6 Å². The topological polar surface area (TPSA) is 76.5 Å². The Morgan fingerprint density at radius 3 is 2.89 bits per heavy atom. The molecular weight excluding hydrogens is 441 g/mol. The lowest BCUT2D eigenvalue weighted by Crippen LogP contribution is -2.31. The molecule has 2 aliphatic rings. The number of anilines is 1. The predicted octanol–water partition coefficient (Wildman–Crippen LogP) is 4.92. The van der Waals surface area contributed by atoms with Crippen molar-refractivity contribution in [2.75, 3.05) is 18.0 Å². The molecule has 1 saturated carbocycles. The van der Waals surface area contributed by atoms with Gasteiger partial charge in [0.25, 0.3) is 0 Å². The number of pyridine rings is 2. The van der Waals surface area contributed by atoms with E-state index in [-0.39, 0.29) is 24.3 Å². The number of Topliss-reactive ketones (excluding diaryl/α,β-unsaturated/α-hetero) is 1. The summed E-state index contributed by atoms with van der Waals surface area (Å²) >= 11 is 0. The lowest BCUT2D eigenvalue weighted by atomic mass is 9.75. The molecule has 7 heteroatoms. The first-order valence-electron chi connectivity index (χ1n) is 12.3. The number of halogens is 1. The van der Waals surface area contributed by atoms with Gasteiger partial charge in [0.15, 0.2) is 5.78 Å². The summed E-state index contributed by atoms with van der Waals surface area (Å²) in [5, 5.41) is 0.332. The molecule has 5 rings (SSSR count). The average Bonchev–Trinajstić information content (AvgIpc) is 3.33. The fourth-order valence-electron chi connectivity index (χ4n) is 5.82. The van der Waals surface area contributed by atoms with Crippen molar-refractivity contribution < 1.29 is 9.18 Å². The van der Waals surface area contributed by atoms with Gasteiger partial charge in [-0.25, -0.2) is 11.0 Å². The number of fused-ring (bicyclic) bond motifs is 1. The lowest BCUT2D eigenvalue weighted by molar-refractivity contribution is 0.0994. The summed E-state index contributed by atoms with van der Waals surface area (Å²) in [5.74, 6) is 0.344. The smallest absolute Gasteiger partial charge is 0.242 e. The van der Waals surface area contributed by atoms with Gasteiger partial charge in [-0.15, -0.1) is 0 Å². The Morgan fingerprint density at radius 2 is 2.11 bits per heavy atom. The van der Waals surface area contributed by atoms with E-state index in [4.69, 9.17) is 12.3 Å². The maximum absolute atomic E-state index is 14.8. The normalized spacial score (nSPS) is 24.5. The third kappa shape index (κ3) is 4.76. The Hall–Kier alpha value is -3.37. The Morgan fingerprint density at radius 1 is 1.26 bits per heavy atom. The predicted molar refractivity (Wildman–Crippen MR) is 135 cm³/mol. The molecule has 0 spiro atoms. The molecule has 180 valence electrons. The molecule has 0 amide bonds. The molecule has 0 bridgehead atoms. The molecule has 4 atom stereocenters. The molecule has 1 saturated heterocycles. The number of aromatic nitrogens is 2. The fraction of sp³-hybridized carbons (Fsp3) is 0.429. The van der Waals surface area contributed by atoms with E-state index < -0.39 is 5.82 Å². The largest absolute Gasteiger partial charge is 0.362 e. The lowest BCUT2D eigenvalue weighted by Gasteiger charge is -2.32. The van der Waals surface area contributed by atoms with Gasteiger partial charge in [-0.2, -0.15) is 0 Å². The summed E-state index contributed by atoms with van der Waals surface area (Å²) in [6.45, 7) is 10.8. The molecule has 3 aromatic rings. The van der Waals surface area contributed by atoms with Gasteiger partial charge < -0.3 is 15.5 Å². The first-order chi connectivity index (χ1) is 16.9. The number of ketones is 1. The minimum Gasteiger partial charge on any atom is -0.362 e. The molecule has 0 unspecified atom stereocenters. The molecule has 1 aliphatic carbocycles. The maximum atomic E-state index is 14.8. The minimum absolute atomic E-state index is 0.0427. The quantitative estimate of drug-likeness (QED) is 0.422. The van der Waals surface area contributed by atoms with E-state index in [1.165, 1.54) is 12.1 Å². The van der Waals surface area contributed by atoms with Gasteiger partial charge in [0, 0.05) is 48.8 Å². The van der Waals surface area contributed by atoms with E-state index in [0.717, 1.165) is 49.0 Å². The van der Waals surface area contributed by atoms with Crippen LogP contribution in [0.3, 0.4) is 0 Å². The third-order valence-electron chi connectivity index (χ3n) is 7.50. The summed E-state index contributed by atoms with van der Waals surface area (Å²) in [6.07, 6.45) is 9.20. The second-order valence-corrected chi connectivity index (χ2v) is 10.1. The molecule has 3 heterocycles. The molecular formula is C28H30FN5O. The molecule has 6 nitrogen and oxygen atoms in total. The summed E-state index contributed by atoms with van der Waals surface area (Å²) in [4.78, 5) is 28.0. The number of nitrogens with two attached hydrogens (primary N) is 1. The summed E-state index contributed by atoms with van der Waals surface area (Å²) in [7, 11) is 0. The van der Waals surface area contributed by atoms with Gasteiger partial charge in [-0.3, -0.25) is 14.8 Å². The SMILES string of the molecule is [C-]#[N+][C@@H]1CCN(c2cnc3c(C(=O)Cc4cnccc4[C@@H]4C[C@H](C)C[C@H](N)C4)ccc(F)c3c2)C1. The van der Waals surface area contributed by atoms with Crippen LogP contribution in [-0.2, 0) is 6.42 Å². The standard InChI is InChI=1S/C28H30FN5O/c1-17-9-18(11-20(30)10-17)23-5-7-32-14-19(23)12-27(35)24-3-4-26(29)25-13-22(15-33-28(24)25)34-8-6-21(16-34)31-2/h3-5,7,13-15,17-18,20-21H,6,8-12,16,30H2,1H3/t17-,18+,20-,21+/m0/s1. The van der Waals surface area contributed by atoms with Crippen LogP contribution in [-0.4, -0.2) is 40.9 Å². The van der Waals surface area contributed by atoms with Crippen molar-refractivity contribution in [1.29, 1.82) is 0 Å². The highest BCUT2D eigenvalue weighted by molar-refractivity contribution is 6.08. The average molecular weight is 472 g/mol. The van der Waals surface area contributed by atoms with Crippen LogP contribution >= 0.6 is 0 Å². The summed E-state index contributed by atoms with van der Waals surface area (Å²) in [5.41, 5.74) is 9.91. The van der Waals surface area contributed by atoms with E-state index in [9.17, 15) is 9.18 Å². The van der Waals surface area contributed by atoms with Crippen LogP contribution in [0.5, 0.6) is 0 Å². The number of benzene rings is 1. The number of hydrogen-bond donors (Lipinski definition) is 1. The molecule has 2 N–H and O–H groups in total. The number of hydrogen-bond acceptors (Lipinski definition) is 5. The molecule has 1 aromatic carbocycles. The van der Waals surface area contributed by atoms with Crippen molar-refractivity contribution in [2.24, 2.45) is 11.7 Å². The van der Waals surface area contributed by atoms with Crippen LogP contribution in [0.25, 0.3) is 15.7 Å². The first kappa shape index (κ1) is 23.4. The Balaban J connectivity index is 1.43. The van der Waals surface area contributed by atoms with Crippen molar-refractivity contribution >= 4 is 22.4 Å². The molecule has 35 heavy (non-hydrogen) atoms. The fourth-order valence-corrected chi connectivity index (χ4v) is 5.82. The third-order valence-corrected chi connectivity index (χ3v) is 7.50. The van der Waals surface area contributed by atoms with E-state index in [1.807, 2.05) is 6.07 Å². The highest BCUT2D eigenvalue weighted by atomic mass is 19.1. The second kappa shape index (κ2) is 9.71. The Kier molecular flexibility index (Phi) is 6.48. The van der Waals surface area contributed by atoms with Gasteiger partial charge >= 0.3 is 0 Å². The van der Waals surface area contributed by atoms with Crippen molar-refractivity contribution in [2.45, 2.75) is 57.0 Å². The van der Waals surface area contributed by atoms with Crippen LogP contribution in [0, 0.1) is 18.3 Å². The van der Waals surface area contributed by atoms with Gasteiger partial charge in [0.2, 0.25) is 6.04 Å². The van der Waals surface area contributed by atoms with Crippen molar-refractivity contribution in [1.82, 2.24) is 9.97 Å². The highest BCUT2D eigenvalue weighted by Crippen LogP contribution is 2.37. The molecule has 2 fully saturated rings. The van der Waals surface area contributed by atoms with Crippen LogP contribution in [0.1, 0.15) is 60.0 Å². The van der Waals surface area contributed by atoms with Gasteiger partial charge in [-0.05, 0) is 66.5 Å². The zero-order valence-electron chi connectivity index (χ0n) is 20.0. The minimum atomic E-state index is -0.404. The van der Waals surface area contributed by atoms with E-state index in [2.05, 4.69) is 26.6 Å². The van der Waals surface area contributed by atoms with Crippen molar-refractivity contribution in [3.63, 3.8) is 0 Å². The zero-order valence-corrected chi connectivity index (χ0v) is 20.0. The number of carbonyl (C=O) groups excluding carboxylic acids is 1.